The second-order valence-electron chi connectivity index (χ2n) is 2.39. The van der Waals surface area contributed by atoms with Crippen molar-refractivity contribution in [2.24, 2.45) is 0 Å². The third kappa shape index (κ3) is 1.50. The predicted molar refractivity (Wildman–Crippen MR) is 37.0 cm³/mol. The molecule has 0 spiro atoms. The van der Waals surface area contributed by atoms with E-state index in [-0.39, 0.29) is 6.10 Å². The summed E-state index contributed by atoms with van der Waals surface area (Å²) >= 11 is 0. The number of nitrogens with zero attached hydrogens (tertiary/aromatic N) is 1. The molecular weight excluding hydrogens is 130 g/mol. The molecule has 0 aromatic carbocycles. The van der Waals surface area contributed by atoms with E-state index in [1.807, 2.05) is 20.8 Å². The maximum Gasteiger partial charge on any atom is 0.308 e. The summed E-state index contributed by atoms with van der Waals surface area (Å²) in [4.78, 5) is 3.88. The first-order valence-corrected chi connectivity index (χ1v) is 3.27. The lowest BCUT2D eigenvalue weighted by Crippen LogP contribution is -2.05. The Morgan fingerprint density at radius 1 is 1.60 bits per heavy atom. The number of oxazole rings is 1. The Labute approximate surface area is 60.0 Å². The lowest BCUT2D eigenvalue weighted by molar-refractivity contribution is 0.184. The summed E-state index contributed by atoms with van der Waals surface area (Å²) in [5.74, 6) is 0.523. The van der Waals surface area contributed by atoms with Crippen LogP contribution in [0.25, 0.3) is 0 Å². The number of ether oxygens (including phenoxy) is 1. The van der Waals surface area contributed by atoms with Crippen molar-refractivity contribution in [2.45, 2.75) is 26.9 Å². The smallest absolute Gasteiger partial charge is 0.308 e. The van der Waals surface area contributed by atoms with Gasteiger partial charge in [-0.1, -0.05) is 0 Å². The number of hydrogen-bond donors (Lipinski definition) is 0. The van der Waals surface area contributed by atoms with E-state index in [4.69, 9.17) is 9.15 Å². The molecule has 0 saturated heterocycles. The molecule has 0 fully saturated rings. The average Bonchev–Trinajstić information content (AvgIpc) is 2.15. The second kappa shape index (κ2) is 2.73. The van der Waals surface area contributed by atoms with Gasteiger partial charge in [0.1, 0.15) is 5.69 Å². The topological polar surface area (TPSA) is 35.3 Å². The van der Waals surface area contributed by atoms with Gasteiger partial charge in [0.2, 0.25) is 0 Å². The summed E-state index contributed by atoms with van der Waals surface area (Å²) < 4.78 is 10.2. The van der Waals surface area contributed by atoms with Gasteiger partial charge in [-0.05, 0) is 20.8 Å². The van der Waals surface area contributed by atoms with E-state index in [0.29, 0.717) is 5.95 Å². The number of hydrogen-bond acceptors (Lipinski definition) is 3. The van der Waals surface area contributed by atoms with Crippen LogP contribution >= 0.6 is 0 Å². The molecule has 3 nitrogen and oxygen atoms in total. The van der Waals surface area contributed by atoms with E-state index < -0.39 is 0 Å². The maximum absolute atomic E-state index is 5.26. The molecule has 1 rings (SSSR count). The van der Waals surface area contributed by atoms with Crippen LogP contribution in [0.15, 0.2) is 10.8 Å². The van der Waals surface area contributed by atoms with Gasteiger partial charge in [0.05, 0.1) is 6.10 Å². The van der Waals surface area contributed by atoms with Crippen LogP contribution in [0, 0.1) is 6.92 Å². The molecule has 56 valence electrons. The van der Waals surface area contributed by atoms with Gasteiger partial charge in [-0.15, -0.1) is 0 Å². The minimum Gasteiger partial charge on any atom is -0.461 e. The fourth-order valence-corrected chi connectivity index (χ4v) is 0.618. The third-order valence-electron chi connectivity index (χ3n) is 1.04. The van der Waals surface area contributed by atoms with Crippen molar-refractivity contribution in [1.82, 2.24) is 4.98 Å². The molecule has 3 heteroatoms. The molecule has 0 atom stereocenters. The highest BCUT2D eigenvalue weighted by molar-refractivity contribution is 5.10. The monoisotopic (exact) mass is 141 g/mol. The first-order chi connectivity index (χ1) is 4.70. The van der Waals surface area contributed by atoms with Crippen molar-refractivity contribution in [2.75, 3.05) is 0 Å². The summed E-state index contributed by atoms with van der Waals surface area (Å²) in [7, 11) is 0. The molecule has 0 saturated carbocycles. The molecule has 0 aliphatic carbocycles. The van der Waals surface area contributed by atoms with Crippen molar-refractivity contribution in [3.05, 3.63) is 12.1 Å². The van der Waals surface area contributed by atoms with E-state index in [1.165, 1.54) is 6.39 Å². The molecular formula is C7H11NO2. The summed E-state index contributed by atoms with van der Waals surface area (Å²) in [6.45, 7) is 5.74. The fraction of sp³-hybridized carbons (Fsp3) is 0.571. The molecule has 0 aliphatic rings. The van der Waals surface area contributed by atoms with Gasteiger partial charge in [0.25, 0.3) is 0 Å². The Morgan fingerprint density at radius 3 is 2.70 bits per heavy atom. The molecule has 1 aromatic heterocycles. The highest BCUT2D eigenvalue weighted by Crippen LogP contribution is 2.15. The Morgan fingerprint density at radius 2 is 2.30 bits per heavy atom. The summed E-state index contributed by atoms with van der Waals surface area (Å²) in [5, 5.41) is 0. The SMILES string of the molecule is Cc1ncoc1OC(C)C. The Kier molecular flexibility index (Phi) is 1.94. The average molecular weight is 141 g/mol. The van der Waals surface area contributed by atoms with Crippen LogP contribution in [-0.2, 0) is 0 Å². The van der Waals surface area contributed by atoms with Gasteiger partial charge in [-0.3, -0.25) is 0 Å². The maximum atomic E-state index is 5.26. The minimum atomic E-state index is 0.145. The fourth-order valence-electron chi connectivity index (χ4n) is 0.618. The van der Waals surface area contributed by atoms with E-state index >= 15 is 0 Å². The Balaban J connectivity index is 2.65. The first kappa shape index (κ1) is 7.12. The predicted octanol–water partition coefficient (Wildman–Crippen LogP) is 1.77. The van der Waals surface area contributed by atoms with Crippen molar-refractivity contribution in [3.8, 4) is 5.95 Å². The van der Waals surface area contributed by atoms with Crippen LogP contribution in [-0.4, -0.2) is 11.1 Å². The zero-order valence-corrected chi connectivity index (χ0v) is 6.42. The van der Waals surface area contributed by atoms with E-state index in [9.17, 15) is 0 Å². The van der Waals surface area contributed by atoms with Crippen LogP contribution in [0.4, 0.5) is 0 Å². The molecule has 0 amide bonds. The van der Waals surface area contributed by atoms with Gasteiger partial charge < -0.3 is 9.15 Å². The van der Waals surface area contributed by atoms with E-state index in [1.54, 1.807) is 0 Å². The normalized spacial score (nSPS) is 10.4. The molecule has 10 heavy (non-hydrogen) atoms. The van der Waals surface area contributed by atoms with Crippen LogP contribution < -0.4 is 4.74 Å². The van der Waals surface area contributed by atoms with Crippen LogP contribution in [0.3, 0.4) is 0 Å². The number of rotatable bonds is 2. The molecule has 0 bridgehead atoms. The number of aromatic nitrogens is 1. The molecule has 0 aliphatic heterocycles. The van der Waals surface area contributed by atoms with Gasteiger partial charge >= 0.3 is 5.95 Å². The first-order valence-electron chi connectivity index (χ1n) is 3.27. The summed E-state index contributed by atoms with van der Waals surface area (Å²) in [5.41, 5.74) is 0.800. The zero-order chi connectivity index (χ0) is 7.56. The molecule has 0 N–H and O–H groups in total. The molecule has 0 unspecified atom stereocenters. The zero-order valence-electron chi connectivity index (χ0n) is 6.42. The van der Waals surface area contributed by atoms with Crippen LogP contribution in [0.5, 0.6) is 5.95 Å². The standard InChI is InChI=1S/C7H11NO2/c1-5(2)10-7-6(3)8-4-9-7/h4-5H,1-3H3. The third-order valence-corrected chi connectivity index (χ3v) is 1.04. The Bertz CT molecular complexity index is 205. The summed E-state index contributed by atoms with van der Waals surface area (Å²) in [6.07, 6.45) is 1.53. The van der Waals surface area contributed by atoms with E-state index in [2.05, 4.69) is 4.98 Å². The van der Waals surface area contributed by atoms with Crippen molar-refractivity contribution in [1.29, 1.82) is 0 Å². The summed E-state index contributed by atoms with van der Waals surface area (Å²) in [6, 6.07) is 0. The van der Waals surface area contributed by atoms with Gasteiger partial charge in [0.15, 0.2) is 6.39 Å². The molecule has 1 aromatic rings. The highest BCUT2D eigenvalue weighted by atomic mass is 16.6. The van der Waals surface area contributed by atoms with Crippen molar-refractivity contribution >= 4 is 0 Å². The molecule has 1 heterocycles. The van der Waals surface area contributed by atoms with Crippen molar-refractivity contribution in [3.63, 3.8) is 0 Å². The molecule has 0 radical (unpaired) electrons. The van der Waals surface area contributed by atoms with Gasteiger partial charge in [0, 0.05) is 0 Å². The second-order valence-corrected chi connectivity index (χ2v) is 2.39. The van der Waals surface area contributed by atoms with Gasteiger partial charge in [-0.25, -0.2) is 4.98 Å². The lowest BCUT2D eigenvalue weighted by atomic mass is 10.5. The van der Waals surface area contributed by atoms with Crippen LogP contribution in [0.2, 0.25) is 0 Å². The quantitative estimate of drug-likeness (QED) is 0.629. The Hall–Kier alpha value is -0.990. The van der Waals surface area contributed by atoms with E-state index in [0.717, 1.165) is 5.69 Å². The van der Waals surface area contributed by atoms with Gasteiger partial charge in [-0.2, -0.15) is 0 Å². The minimum absolute atomic E-state index is 0.145. The lowest BCUT2D eigenvalue weighted by Gasteiger charge is -2.04. The highest BCUT2D eigenvalue weighted by Gasteiger charge is 2.04. The van der Waals surface area contributed by atoms with Crippen molar-refractivity contribution < 1.29 is 9.15 Å². The largest absolute Gasteiger partial charge is 0.461 e. The van der Waals surface area contributed by atoms with Crippen LogP contribution in [0.1, 0.15) is 19.5 Å². The number of aryl methyl sites for hydroxylation is 1.